The monoisotopic (exact) mass is 478 g/mol. The van der Waals surface area contributed by atoms with Gasteiger partial charge >= 0.3 is 0 Å². The van der Waals surface area contributed by atoms with E-state index >= 15 is 0 Å². The van der Waals surface area contributed by atoms with E-state index in [0.717, 1.165) is 63.6 Å². The van der Waals surface area contributed by atoms with Gasteiger partial charge in [0.15, 0.2) is 0 Å². The molecule has 1 aromatic rings. The zero-order valence-corrected chi connectivity index (χ0v) is 20.5. The molecule has 0 radical (unpaired) electrons. The minimum atomic E-state index is -3.35. The lowest BCUT2D eigenvalue weighted by Crippen LogP contribution is -2.33. The average molecular weight is 479 g/mol. The highest BCUT2D eigenvalue weighted by atomic mass is 32.2. The summed E-state index contributed by atoms with van der Waals surface area (Å²) in [6, 6.07) is 3.61. The van der Waals surface area contributed by atoms with Crippen LogP contribution in [-0.2, 0) is 14.9 Å². The fourth-order valence-corrected chi connectivity index (χ4v) is 4.59. The molecular weight excluding hydrogens is 440 g/mol. The number of aliphatic imine (C=N–C) groups is 1. The zero-order chi connectivity index (χ0) is 23.8. The Morgan fingerprint density at radius 2 is 1.82 bits per heavy atom. The molecule has 10 heteroatoms. The fraction of sp³-hybridized carbons (Fsp3) is 0.696. The van der Waals surface area contributed by atoms with Gasteiger partial charge in [0, 0.05) is 31.2 Å². The van der Waals surface area contributed by atoms with Gasteiger partial charge in [0.2, 0.25) is 22.2 Å². The highest BCUT2D eigenvalue weighted by molar-refractivity contribution is 7.88. The van der Waals surface area contributed by atoms with Crippen molar-refractivity contribution in [2.24, 2.45) is 10.9 Å². The minimum absolute atomic E-state index is 0.418. The van der Waals surface area contributed by atoms with E-state index in [0.29, 0.717) is 25.0 Å². The largest absolute Gasteiger partial charge is 0.355 e. The SMILES string of the molecule is CS(=O)(=O)N(CCCCCCCCN/C(=N\C#N)Nc1ccncc1)OCC1CCCCC1. The number of hydroxylamine groups is 1. The van der Waals surface area contributed by atoms with Gasteiger partial charge in [0.25, 0.3) is 0 Å². The lowest BCUT2D eigenvalue weighted by Gasteiger charge is -2.25. The summed E-state index contributed by atoms with van der Waals surface area (Å²) in [5, 5.41) is 15.1. The van der Waals surface area contributed by atoms with Crippen LogP contribution in [0, 0.1) is 17.4 Å². The molecule has 0 aliphatic heterocycles. The Bertz CT molecular complexity index is 836. The van der Waals surface area contributed by atoms with E-state index in [4.69, 9.17) is 10.1 Å². The van der Waals surface area contributed by atoms with Crippen LogP contribution in [0.1, 0.15) is 70.6 Å². The fourth-order valence-electron chi connectivity index (χ4n) is 3.88. The van der Waals surface area contributed by atoms with Crippen molar-refractivity contribution in [2.45, 2.75) is 70.6 Å². The van der Waals surface area contributed by atoms with E-state index in [1.54, 1.807) is 30.7 Å². The van der Waals surface area contributed by atoms with E-state index < -0.39 is 10.0 Å². The van der Waals surface area contributed by atoms with Crippen LogP contribution >= 0.6 is 0 Å². The van der Waals surface area contributed by atoms with Crippen molar-refractivity contribution in [1.82, 2.24) is 14.8 Å². The van der Waals surface area contributed by atoms with Gasteiger partial charge in [-0.15, -0.1) is 4.99 Å². The summed E-state index contributed by atoms with van der Waals surface area (Å²) in [7, 11) is -3.35. The molecule has 0 unspecified atom stereocenters. The number of hydrogen-bond donors (Lipinski definition) is 2. The third-order valence-electron chi connectivity index (χ3n) is 5.71. The first-order chi connectivity index (χ1) is 16.0. The van der Waals surface area contributed by atoms with E-state index in [1.807, 2.05) is 0 Å². The van der Waals surface area contributed by atoms with Crippen molar-refractivity contribution in [1.29, 1.82) is 5.26 Å². The Labute approximate surface area is 198 Å². The van der Waals surface area contributed by atoms with Crippen LogP contribution in [0.5, 0.6) is 0 Å². The molecule has 0 aromatic carbocycles. The third kappa shape index (κ3) is 12.0. The van der Waals surface area contributed by atoms with Crippen molar-refractivity contribution in [3.05, 3.63) is 24.5 Å². The molecule has 184 valence electrons. The molecule has 2 N–H and O–H groups in total. The van der Waals surface area contributed by atoms with Gasteiger partial charge in [-0.2, -0.15) is 5.26 Å². The molecule has 0 spiro atoms. The number of hydrogen-bond acceptors (Lipinski definition) is 6. The van der Waals surface area contributed by atoms with Crippen LogP contribution in [0.15, 0.2) is 29.5 Å². The summed E-state index contributed by atoms with van der Waals surface area (Å²) >= 11 is 0. The maximum absolute atomic E-state index is 12.0. The van der Waals surface area contributed by atoms with E-state index in [1.165, 1.54) is 30.0 Å². The molecule has 1 aliphatic carbocycles. The standard InChI is InChI=1S/C23H38N6O3S/c1-33(30,31)29(32-19-21-11-7-6-8-12-21)18-10-5-3-2-4-9-15-26-23(27-20-24)28-22-13-16-25-17-14-22/h13-14,16-17,21H,2-12,15,18-19H2,1H3,(H2,25,26,27,28). The highest BCUT2D eigenvalue weighted by Gasteiger charge is 2.20. The third-order valence-corrected chi connectivity index (χ3v) is 6.74. The van der Waals surface area contributed by atoms with Crippen molar-refractivity contribution >= 4 is 21.7 Å². The summed E-state index contributed by atoms with van der Waals surface area (Å²) in [6.45, 7) is 1.64. The van der Waals surface area contributed by atoms with Crippen molar-refractivity contribution in [3.8, 4) is 6.19 Å². The lowest BCUT2D eigenvalue weighted by atomic mass is 9.90. The molecule has 0 amide bonds. The number of nitrogens with one attached hydrogen (secondary N) is 2. The van der Waals surface area contributed by atoms with Gasteiger partial charge < -0.3 is 10.6 Å². The summed E-state index contributed by atoms with van der Waals surface area (Å²) in [4.78, 5) is 13.4. The van der Waals surface area contributed by atoms with Crippen molar-refractivity contribution in [2.75, 3.05) is 31.3 Å². The smallest absolute Gasteiger partial charge is 0.233 e. The van der Waals surface area contributed by atoms with E-state index in [9.17, 15) is 8.42 Å². The molecule has 1 fully saturated rings. The van der Waals surface area contributed by atoms with E-state index in [-0.39, 0.29) is 0 Å². The van der Waals surface area contributed by atoms with Gasteiger partial charge in [-0.3, -0.25) is 9.82 Å². The van der Waals surface area contributed by atoms with Gasteiger partial charge in [0.05, 0.1) is 12.9 Å². The molecule has 1 aliphatic rings. The predicted molar refractivity (Wildman–Crippen MR) is 131 cm³/mol. The van der Waals surface area contributed by atoms with Crippen LogP contribution in [0.25, 0.3) is 0 Å². The average Bonchev–Trinajstić information content (AvgIpc) is 2.80. The summed E-state index contributed by atoms with van der Waals surface area (Å²) in [5.41, 5.74) is 0.817. The van der Waals surface area contributed by atoms with E-state index in [2.05, 4.69) is 20.6 Å². The summed E-state index contributed by atoms with van der Waals surface area (Å²) in [6.07, 6.45) is 18.2. The minimum Gasteiger partial charge on any atom is -0.355 e. The lowest BCUT2D eigenvalue weighted by molar-refractivity contribution is -0.102. The maximum atomic E-state index is 12.0. The summed E-state index contributed by atoms with van der Waals surface area (Å²) < 4.78 is 25.2. The molecule has 1 aromatic heterocycles. The van der Waals surface area contributed by atoms with Crippen molar-refractivity contribution < 1.29 is 13.3 Å². The normalized spacial score (nSPS) is 15.4. The number of pyridine rings is 1. The Morgan fingerprint density at radius 3 is 2.48 bits per heavy atom. The number of rotatable bonds is 14. The van der Waals surface area contributed by atoms with Crippen LogP contribution in [0.4, 0.5) is 5.69 Å². The quantitative estimate of drug-likeness (QED) is 0.136. The van der Waals surface area contributed by atoms with Crippen LogP contribution < -0.4 is 10.6 Å². The first-order valence-electron chi connectivity index (χ1n) is 12.0. The molecule has 0 saturated heterocycles. The second kappa shape index (κ2) is 15.6. The number of nitrogens with zero attached hydrogens (tertiary/aromatic N) is 4. The van der Waals surface area contributed by atoms with Crippen LogP contribution in [-0.4, -0.2) is 49.8 Å². The molecule has 33 heavy (non-hydrogen) atoms. The molecule has 0 atom stereocenters. The Hall–Kier alpha value is -2.22. The van der Waals surface area contributed by atoms with Gasteiger partial charge in [-0.25, -0.2) is 8.42 Å². The molecule has 0 bridgehead atoms. The first-order valence-corrected chi connectivity index (χ1v) is 13.8. The molecular formula is C23H38N6O3S. The van der Waals surface area contributed by atoms with Crippen molar-refractivity contribution in [3.63, 3.8) is 0 Å². The van der Waals surface area contributed by atoms with Crippen LogP contribution in [0.2, 0.25) is 0 Å². The topological polar surface area (TPSA) is 120 Å². The van der Waals surface area contributed by atoms with Gasteiger partial charge in [0.1, 0.15) is 0 Å². The number of unbranched alkanes of at least 4 members (excludes halogenated alkanes) is 5. The second-order valence-electron chi connectivity index (χ2n) is 8.56. The summed E-state index contributed by atoms with van der Waals surface area (Å²) in [5.74, 6) is 0.910. The molecule has 1 saturated carbocycles. The second-order valence-corrected chi connectivity index (χ2v) is 10.4. The predicted octanol–water partition coefficient (Wildman–Crippen LogP) is 4.03. The number of guanidine groups is 1. The number of sulfonamides is 1. The number of nitriles is 1. The van der Waals surface area contributed by atoms with Gasteiger partial charge in [-0.05, 0) is 43.7 Å². The first kappa shape index (κ1) is 27.0. The van der Waals surface area contributed by atoms with Crippen LogP contribution in [0.3, 0.4) is 0 Å². The number of aromatic nitrogens is 1. The Balaban J connectivity index is 1.54. The van der Waals surface area contributed by atoms with Gasteiger partial charge in [-0.1, -0.05) is 49.4 Å². The zero-order valence-electron chi connectivity index (χ0n) is 19.7. The maximum Gasteiger partial charge on any atom is 0.233 e. The molecule has 9 nitrogen and oxygen atoms in total. The Morgan fingerprint density at radius 1 is 1.15 bits per heavy atom. The number of anilines is 1. The highest BCUT2D eigenvalue weighted by Crippen LogP contribution is 2.24. The Kier molecular flexibility index (Phi) is 12.8. The molecule has 2 rings (SSSR count). The molecule has 1 heterocycles.